The van der Waals surface area contributed by atoms with Crippen LogP contribution in [0.25, 0.3) is 11.0 Å². The predicted molar refractivity (Wildman–Crippen MR) is 134 cm³/mol. The van der Waals surface area contributed by atoms with Crippen LogP contribution in [-0.2, 0) is 17.1 Å². The molecule has 3 aromatic carbocycles. The highest BCUT2D eigenvalue weighted by atomic mass is 35.5. The van der Waals surface area contributed by atoms with Gasteiger partial charge in [-0.2, -0.15) is 26.3 Å². The van der Waals surface area contributed by atoms with E-state index in [9.17, 15) is 35.9 Å². The van der Waals surface area contributed by atoms with Gasteiger partial charge in [-0.05, 0) is 67.4 Å². The summed E-state index contributed by atoms with van der Waals surface area (Å²) >= 11 is 5.85. The third-order valence-corrected chi connectivity index (χ3v) is 5.76. The van der Waals surface area contributed by atoms with Gasteiger partial charge in [-0.25, -0.2) is 0 Å². The minimum atomic E-state index is -5.09. The first kappa shape index (κ1) is 28.8. The van der Waals surface area contributed by atoms with Crippen molar-refractivity contribution in [1.82, 2.24) is 0 Å². The average molecular weight is 586 g/mol. The Balaban J connectivity index is 1.59. The molecule has 0 saturated heterocycles. The van der Waals surface area contributed by atoms with Crippen molar-refractivity contribution in [3.8, 4) is 17.2 Å². The van der Waals surface area contributed by atoms with Gasteiger partial charge in [0.05, 0.1) is 21.7 Å². The molecule has 6 nitrogen and oxygen atoms in total. The number of carbonyl (C=O) groups is 1. The van der Waals surface area contributed by atoms with Crippen molar-refractivity contribution < 1.29 is 45.0 Å². The molecule has 0 fully saturated rings. The van der Waals surface area contributed by atoms with Gasteiger partial charge in [-0.3, -0.25) is 9.59 Å². The Morgan fingerprint density at radius 2 is 1.57 bits per heavy atom. The molecule has 0 saturated carbocycles. The lowest BCUT2D eigenvalue weighted by atomic mass is 10.1. The first-order valence-corrected chi connectivity index (χ1v) is 11.7. The van der Waals surface area contributed by atoms with Crippen LogP contribution in [0.4, 0.5) is 32.0 Å². The molecule has 0 aliphatic rings. The molecule has 1 amide bonds. The molecule has 0 atom stereocenters. The molecule has 1 aromatic heterocycles. The van der Waals surface area contributed by atoms with Crippen molar-refractivity contribution in [2.45, 2.75) is 26.2 Å². The molecule has 13 heteroatoms. The average Bonchev–Trinajstić information content (AvgIpc) is 2.83. The SMILES string of the molecule is Cc1cc(C)cc(Oc2c(C(F)(F)F)oc3cc(OCC(=O)Nc4cc(C(F)(F)F)ccc4Cl)ccc3c2=O)c1. The lowest BCUT2D eigenvalue weighted by molar-refractivity contribution is -0.154. The number of halogens is 7. The minimum Gasteiger partial charge on any atom is -0.484 e. The van der Waals surface area contributed by atoms with Gasteiger partial charge in [0.15, 0.2) is 6.61 Å². The monoisotopic (exact) mass is 585 g/mol. The van der Waals surface area contributed by atoms with E-state index in [1.807, 2.05) is 0 Å². The lowest BCUT2D eigenvalue weighted by Gasteiger charge is -2.14. The second kappa shape index (κ2) is 10.8. The molecule has 0 aliphatic carbocycles. The van der Waals surface area contributed by atoms with Gasteiger partial charge < -0.3 is 19.2 Å². The molecule has 0 bridgehead atoms. The number of anilines is 1. The molecule has 4 rings (SSSR count). The number of alkyl halides is 6. The van der Waals surface area contributed by atoms with E-state index in [2.05, 4.69) is 5.32 Å². The lowest BCUT2D eigenvalue weighted by Crippen LogP contribution is -2.21. The molecule has 1 N–H and O–H groups in total. The third kappa shape index (κ3) is 6.50. The molecular formula is C27H18ClF6NO5. The van der Waals surface area contributed by atoms with E-state index in [1.165, 1.54) is 18.2 Å². The Labute approximate surface area is 227 Å². The molecule has 0 radical (unpaired) electrons. The van der Waals surface area contributed by atoms with Gasteiger partial charge in [0, 0.05) is 6.07 Å². The molecule has 0 aliphatic heterocycles. The zero-order valence-corrected chi connectivity index (χ0v) is 21.3. The van der Waals surface area contributed by atoms with Gasteiger partial charge in [0.2, 0.25) is 11.2 Å². The summed E-state index contributed by atoms with van der Waals surface area (Å²) < 4.78 is 96.0. The number of rotatable bonds is 6. The van der Waals surface area contributed by atoms with Gasteiger partial charge >= 0.3 is 12.4 Å². The Morgan fingerprint density at radius 1 is 0.900 bits per heavy atom. The van der Waals surface area contributed by atoms with E-state index < -0.39 is 53.0 Å². The second-order valence-electron chi connectivity index (χ2n) is 8.70. The van der Waals surface area contributed by atoms with E-state index in [-0.39, 0.29) is 27.6 Å². The summed E-state index contributed by atoms with van der Waals surface area (Å²) in [5.41, 5.74) is -1.54. The Kier molecular flexibility index (Phi) is 7.75. The highest BCUT2D eigenvalue weighted by Gasteiger charge is 2.40. The van der Waals surface area contributed by atoms with E-state index in [0.717, 1.165) is 24.3 Å². The van der Waals surface area contributed by atoms with Crippen molar-refractivity contribution in [2.24, 2.45) is 0 Å². The number of aryl methyl sites for hydroxylation is 2. The smallest absolute Gasteiger partial charge is 0.453 e. The molecule has 40 heavy (non-hydrogen) atoms. The summed E-state index contributed by atoms with van der Waals surface area (Å²) in [6.45, 7) is 2.68. The molecule has 4 aromatic rings. The number of ether oxygens (including phenoxy) is 2. The van der Waals surface area contributed by atoms with Crippen LogP contribution in [0.15, 0.2) is 63.8 Å². The molecule has 0 unspecified atom stereocenters. The van der Waals surface area contributed by atoms with Crippen LogP contribution < -0.4 is 20.2 Å². The normalized spacial score (nSPS) is 11.9. The first-order valence-electron chi connectivity index (χ1n) is 11.4. The fraction of sp³-hybridized carbons (Fsp3) is 0.185. The number of hydrogen-bond acceptors (Lipinski definition) is 5. The highest BCUT2D eigenvalue weighted by Crippen LogP contribution is 2.39. The van der Waals surface area contributed by atoms with Crippen molar-refractivity contribution in [2.75, 3.05) is 11.9 Å². The molecule has 0 spiro atoms. The van der Waals surface area contributed by atoms with Crippen LogP contribution in [0.5, 0.6) is 17.2 Å². The highest BCUT2D eigenvalue weighted by molar-refractivity contribution is 6.33. The summed E-state index contributed by atoms with van der Waals surface area (Å²) in [4.78, 5) is 25.3. The number of amides is 1. The van der Waals surface area contributed by atoms with E-state index in [1.54, 1.807) is 19.9 Å². The fourth-order valence-corrected chi connectivity index (χ4v) is 3.93. The van der Waals surface area contributed by atoms with Crippen LogP contribution in [-0.4, -0.2) is 12.5 Å². The van der Waals surface area contributed by atoms with Crippen molar-refractivity contribution in [3.05, 3.63) is 92.3 Å². The van der Waals surface area contributed by atoms with Gasteiger partial charge in [-0.1, -0.05) is 17.7 Å². The summed E-state index contributed by atoms with van der Waals surface area (Å²) in [7, 11) is 0. The maximum absolute atomic E-state index is 13.8. The summed E-state index contributed by atoms with van der Waals surface area (Å²) in [5, 5.41) is 1.76. The largest absolute Gasteiger partial charge is 0.484 e. The molecule has 1 heterocycles. The number of benzene rings is 3. The quantitative estimate of drug-likeness (QED) is 0.233. The van der Waals surface area contributed by atoms with Gasteiger partial charge in [0.25, 0.3) is 11.7 Å². The van der Waals surface area contributed by atoms with E-state index in [4.69, 9.17) is 25.5 Å². The number of fused-ring (bicyclic) bond motifs is 1. The van der Waals surface area contributed by atoms with Gasteiger partial charge in [-0.15, -0.1) is 0 Å². The third-order valence-electron chi connectivity index (χ3n) is 5.43. The van der Waals surface area contributed by atoms with E-state index in [0.29, 0.717) is 17.2 Å². The van der Waals surface area contributed by atoms with Crippen molar-refractivity contribution in [3.63, 3.8) is 0 Å². The Bertz CT molecular complexity index is 1640. The minimum absolute atomic E-state index is 0.0153. The predicted octanol–water partition coefficient (Wildman–Crippen LogP) is 7.91. The van der Waals surface area contributed by atoms with Crippen molar-refractivity contribution in [1.29, 1.82) is 0 Å². The maximum atomic E-state index is 13.8. The Hall–Kier alpha value is -4.19. The number of hydrogen-bond donors (Lipinski definition) is 1. The number of nitrogens with one attached hydrogen (secondary N) is 1. The van der Waals surface area contributed by atoms with Crippen LogP contribution in [0.3, 0.4) is 0 Å². The zero-order valence-electron chi connectivity index (χ0n) is 20.6. The molecular weight excluding hydrogens is 568 g/mol. The Morgan fingerprint density at radius 3 is 2.20 bits per heavy atom. The first-order chi connectivity index (χ1) is 18.6. The summed E-state index contributed by atoms with van der Waals surface area (Å²) in [6, 6.07) is 10.4. The van der Waals surface area contributed by atoms with Crippen LogP contribution in [0, 0.1) is 13.8 Å². The zero-order chi connectivity index (χ0) is 29.4. The maximum Gasteiger partial charge on any atom is 0.453 e. The van der Waals surface area contributed by atoms with Crippen molar-refractivity contribution >= 4 is 34.2 Å². The van der Waals surface area contributed by atoms with Crippen LogP contribution >= 0.6 is 11.6 Å². The number of carbonyl (C=O) groups excluding carboxylic acids is 1. The van der Waals surface area contributed by atoms with E-state index >= 15 is 0 Å². The van der Waals surface area contributed by atoms with Gasteiger partial charge in [0.1, 0.15) is 17.1 Å². The second-order valence-corrected chi connectivity index (χ2v) is 9.11. The van der Waals surface area contributed by atoms with Crippen LogP contribution in [0.2, 0.25) is 5.02 Å². The molecule has 210 valence electrons. The standard InChI is InChI=1S/C27H18ClF6NO5/c1-13-7-14(2)9-17(8-13)39-24-23(37)18-5-4-16(11-21(18)40-25(24)27(32,33)34)38-12-22(36)35-20-10-15(26(29,30)31)3-6-19(20)28/h3-11H,12H2,1-2H3,(H,35,36). The topological polar surface area (TPSA) is 77.8 Å². The summed E-state index contributed by atoms with van der Waals surface area (Å²) in [6.07, 6.45) is -9.77. The summed E-state index contributed by atoms with van der Waals surface area (Å²) in [5.74, 6) is -3.76. The fourth-order valence-electron chi connectivity index (χ4n) is 3.77. The van der Waals surface area contributed by atoms with Crippen LogP contribution in [0.1, 0.15) is 22.5 Å².